The van der Waals surface area contributed by atoms with E-state index in [9.17, 15) is 13.2 Å². The van der Waals surface area contributed by atoms with Gasteiger partial charge in [-0.1, -0.05) is 6.08 Å². The Morgan fingerprint density at radius 2 is 2.16 bits per heavy atom. The van der Waals surface area contributed by atoms with Gasteiger partial charge in [-0.2, -0.15) is 13.2 Å². The molecule has 104 valence electrons. The van der Waals surface area contributed by atoms with Crippen molar-refractivity contribution in [3.63, 3.8) is 0 Å². The van der Waals surface area contributed by atoms with E-state index in [0.717, 1.165) is 11.3 Å². The zero-order chi connectivity index (χ0) is 14.0. The normalized spacial score (nSPS) is 16.5. The molecule has 1 aliphatic heterocycles. The van der Waals surface area contributed by atoms with E-state index in [1.807, 2.05) is 6.92 Å². The highest BCUT2D eigenvalue weighted by Gasteiger charge is 2.35. The minimum absolute atomic E-state index is 0.0372. The van der Waals surface area contributed by atoms with Crippen LogP contribution in [-0.2, 0) is 6.54 Å². The van der Waals surface area contributed by atoms with Crippen LogP contribution >= 0.6 is 0 Å². The molecule has 0 atom stereocenters. The van der Waals surface area contributed by atoms with E-state index in [2.05, 4.69) is 9.97 Å². The molecule has 2 rings (SSSR count). The summed E-state index contributed by atoms with van der Waals surface area (Å²) in [5, 5.41) is 0. The monoisotopic (exact) mass is 272 g/mol. The van der Waals surface area contributed by atoms with E-state index >= 15 is 0 Å². The summed E-state index contributed by atoms with van der Waals surface area (Å²) in [7, 11) is 0. The summed E-state index contributed by atoms with van der Waals surface area (Å²) in [6.45, 7) is 2.61. The average molecular weight is 272 g/mol. The smallest absolute Gasteiger partial charge is 0.337 e. The highest BCUT2D eigenvalue weighted by Crippen LogP contribution is 2.30. The molecule has 0 amide bonds. The maximum absolute atomic E-state index is 12.5. The number of halogens is 3. The minimum atomic E-state index is -4.23. The van der Waals surface area contributed by atoms with E-state index in [-0.39, 0.29) is 19.5 Å². The van der Waals surface area contributed by atoms with Crippen LogP contribution in [-0.4, -0.2) is 29.2 Å². The number of hydrogen-bond acceptors (Lipinski definition) is 4. The van der Waals surface area contributed by atoms with E-state index in [1.54, 1.807) is 11.1 Å². The van der Waals surface area contributed by atoms with Crippen LogP contribution < -0.4 is 10.6 Å². The maximum atomic E-state index is 12.5. The highest BCUT2D eigenvalue weighted by molar-refractivity contribution is 5.37. The Morgan fingerprint density at radius 3 is 2.63 bits per heavy atom. The van der Waals surface area contributed by atoms with Gasteiger partial charge in [0, 0.05) is 42.7 Å². The fourth-order valence-corrected chi connectivity index (χ4v) is 1.94. The molecule has 7 heteroatoms. The van der Waals surface area contributed by atoms with Crippen molar-refractivity contribution in [3.8, 4) is 0 Å². The molecule has 0 spiro atoms. The molecule has 0 aromatic carbocycles. The van der Waals surface area contributed by atoms with Crippen LogP contribution in [0.3, 0.4) is 0 Å². The van der Waals surface area contributed by atoms with Crippen molar-refractivity contribution < 1.29 is 13.2 Å². The van der Waals surface area contributed by atoms with Gasteiger partial charge in [0.15, 0.2) is 0 Å². The van der Waals surface area contributed by atoms with Gasteiger partial charge in [0.1, 0.15) is 0 Å². The SMILES string of the molecule is Cc1nc(N2CC=C(C(F)(F)F)CC2)ncc1CN. The van der Waals surface area contributed by atoms with Gasteiger partial charge >= 0.3 is 6.18 Å². The summed E-state index contributed by atoms with van der Waals surface area (Å²) in [6, 6.07) is 0. The standard InChI is InChI=1S/C12H15F3N4/c1-8-9(6-16)7-17-11(18-8)19-4-2-10(3-5-19)12(13,14)15/h2,7H,3-6,16H2,1H3. The third kappa shape index (κ3) is 3.04. The number of anilines is 1. The molecule has 19 heavy (non-hydrogen) atoms. The van der Waals surface area contributed by atoms with E-state index < -0.39 is 11.7 Å². The Kier molecular flexibility index (Phi) is 3.75. The zero-order valence-corrected chi connectivity index (χ0v) is 10.5. The third-order valence-electron chi connectivity index (χ3n) is 3.14. The van der Waals surface area contributed by atoms with Gasteiger partial charge in [0.05, 0.1) is 0 Å². The first kappa shape index (κ1) is 13.8. The first-order chi connectivity index (χ1) is 8.91. The van der Waals surface area contributed by atoms with Crippen molar-refractivity contribution in [3.05, 3.63) is 29.1 Å². The molecule has 0 bridgehead atoms. The van der Waals surface area contributed by atoms with Gasteiger partial charge in [-0.05, 0) is 13.3 Å². The Morgan fingerprint density at radius 1 is 1.42 bits per heavy atom. The van der Waals surface area contributed by atoms with Crippen LogP contribution in [0.15, 0.2) is 17.8 Å². The molecule has 0 radical (unpaired) electrons. The van der Waals surface area contributed by atoms with Gasteiger partial charge < -0.3 is 10.6 Å². The van der Waals surface area contributed by atoms with Gasteiger partial charge in [0.2, 0.25) is 5.95 Å². The molecule has 0 fully saturated rings. The lowest BCUT2D eigenvalue weighted by molar-refractivity contribution is -0.0944. The molecule has 2 heterocycles. The van der Waals surface area contributed by atoms with Crippen LogP contribution in [0, 0.1) is 6.92 Å². The molecule has 0 saturated carbocycles. The number of aromatic nitrogens is 2. The summed E-state index contributed by atoms with van der Waals surface area (Å²) < 4.78 is 37.5. The van der Waals surface area contributed by atoms with Gasteiger partial charge in [-0.15, -0.1) is 0 Å². The quantitative estimate of drug-likeness (QED) is 0.836. The van der Waals surface area contributed by atoms with Crippen molar-refractivity contribution >= 4 is 5.95 Å². The van der Waals surface area contributed by atoms with Crippen molar-refractivity contribution in [1.29, 1.82) is 0 Å². The fraction of sp³-hybridized carbons (Fsp3) is 0.500. The molecular formula is C12H15F3N4. The lowest BCUT2D eigenvalue weighted by atomic mass is 10.1. The molecule has 0 unspecified atom stereocenters. The molecule has 1 aromatic heterocycles. The van der Waals surface area contributed by atoms with Crippen molar-refractivity contribution in [1.82, 2.24) is 9.97 Å². The molecule has 1 aliphatic rings. The number of alkyl halides is 3. The van der Waals surface area contributed by atoms with E-state index in [4.69, 9.17) is 5.73 Å². The lowest BCUT2D eigenvalue weighted by Gasteiger charge is -2.27. The first-order valence-corrected chi connectivity index (χ1v) is 5.95. The molecule has 1 aromatic rings. The van der Waals surface area contributed by atoms with Crippen LogP contribution in [0.25, 0.3) is 0 Å². The van der Waals surface area contributed by atoms with Crippen LogP contribution in [0.2, 0.25) is 0 Å². The van der Waals surface area contributed by atoms with Gasteiger partial charge in [-0.3, -0.25) is 0 Å². The fourth-order valence-electron chi connectivity index (χ4n) is 1.94. The summed E-state index contributed by atoms with van der Waals surface area (Å²) in [6.07, 6.45) is -1.45. The number of rotatable bonds is 2. The number of aryl methyl sites for hydroxylation is 1. The van der Waals surface area contributed by atoms with E-state index in [0.29, 0.717) is 12.5 Å². The largest absolute Gasteiger partial charge is 0.412 e. The summed E-state index contributed by atoms with van der Waals surface area (Å²) in [5.74, 6) is 0.451. The second kappa shape index (κ2) is 5.16. The Balaban J connectivity index is 2.14. The summed E-state index contributed by atoms with van der Waals surface area (Å²) in [5.41, 5.74) is 6.65. The third-order valence-corrected chi connectivity index (χ3v) is 3.14. The predicted molar refractivity (Wildman–Crippen MR) is 65.6 cm³/mol. The molecule has 0 aliphatic carbocycles. The lowest BCUT2D eigenvalue weighted by Crippen LogP contribution is -2.33. The number of nitrogens with zero attached hydrogens (tertiary/aromatic N) is 3. The minimum Gasteiger partial charge on any atom is -0.337 e. The topological polar surface area (TPSA) is 55.0 Å². The Bertz CT molecular complexity index is 496. The molecule has 0 saturated heterocycles. The summed E-state index contributed by atoms with van der Waals surface area (Å²) in [4.78, 5) is 10.1. The molecular weight excluding hydrogens is 257 g/mol. The average Bonchev–Trinajstić information content (AvgIpc) is 2.38. The summed E-state index contributed by atoms with van der Waals surface area (Å²) >= 11 is 0. The van der Waals surface area contributed by atoms with Crippen LogP contribution in [0.4, 0.5) is 19.1 Å². The van der Waals surface area contributed by atoms with Crippen molar-refractivity contribution in [2.45, 2.75) is 26.1 Å². The van der Waals surface area contributed by atoms with Crippen molar-refractivity contribution in [2.75, 3.05) is 18.0 Å². The maximum Gasteiger partial charge on any atom is 0.412 e. The number of nitrogens with two attached hydrogens (primary N) is 1. The highest BCUT2D eigenvalue weighted by atomic mass is 19.4. The molecule has 2 N–H and O–H groups in total. The van der Waals surface area contributed by atoms with Crippen LogP contribution in [0.5, 0.6) is 0 Å². The molecule has 4 nitrogen and oxygen atoms in total. The van der Waals surface area contributed by atoms with Crippen LogP contribution in [0.1, 0.15) is 17.7 Å². The Hall–Kier alpha value is -1.63. The predicted octanol–water partition coefficient (Wildman–Crippen LogP) is 1.94. The van der Waals surface area contributed by atoms with Crippen molar-refractivity contribution in [2.24, 2.45) is 5.73 Å². The van der Waals surface area contributed by atoms with Gasteiger partial charge in [-0.25, -0.2) is 9.97 Å². The Labute approximate surface area is 109 Å². The first-order valence-electron chi connectivity index (χ1n) is 5.95. The second-order valence-electron chi connectivity index (χ2n) is 4.41. The van der Waals surface area contributed by atoms with E-state index in [1.165, 1.54) is 6.08 Å². The van der Waals surface area contributed by atoms with Gasteiger partial charge in [0.25, 0.3) is 0 Å². The second-order valence-corrected chi connectivity index (χ2v) is 4.41. The number of hydrogen-bond donors (Lipinski definition) is 1. The zero-order valence-electron chi connectivity index (χ0n) is 10.5.